The molecule has 1 aromatic carbocycles. The minimum absolute atomic E-state index is 0.00187. The van der Waals surface area contributed by atoms with Gasteiger partial charge in [0.15, 0.2) is 0 Å². The molecule has 1 heterocycles. The lowest BCUT2D eigenvalue weighted by Crippen LogP contribution is -2.44. The first kappa shape index (κ1) is 24.3. The van der Waals surface area contributed by atoms with Crippen molar-refractivity contribution < 1.29 is 27.8 Å². The largest absolute Gasteiger partial charge is 0.461 e. The zero-order valence-electron chi connectivity index (χ0n) is 18.3. The number of carbonyl (C=O) groups is 2. The van der Waals surface area contributed by atoms with Crippen molar-refractivity contribution in [1.82, 2.24) is 4.90 Å². The Hall–Kier alpha value is -2.97. The van der Waals surface area contributed by atoms with Gasteiger partial charge in [0.2, 0.25) is 0 Å². The van der Waals surface area contributed by atoms with Crippen molar-refractivity contribution in [3.8, 4) is 0 Å². The number of carbonyl (C=O) groups excluding carboxylic acids is 2. The van der Waals surface area contributed by atoms with Crippen LogP contribution >= 0.6 is 0 Å². The van der Waals surface area contributed by atoms with Crippen molar-refractivity contribution in [1.29, 1.82) is 0 Å². The van der Waals surface area contributed by atoms with Crippen LogP contribution in [0.3, 0.4) is 0 Å². The van der Waals surface area contributed by atoms with Gasteiger partial charge in [-0.15, -0.1) is 0 Å². The molecule has 7 nitrogen and oxygen atoms in total. The molecule has 1 aromatic rings. The first-order valence-corrected chi connectivity index (χ1v) is 10.1. The van der Waals surface area contributed by atoms with Gasteiger partial charge in [-0.1, -0.05) is 24.3 Å². The van der Waals surface area contributed by atoms with E-state index in [0.717, 1.165) is 0 Å². The van der Waals surface area contributed by atoms with Crippen molar-refractivity contribution >= 4 is 17.8 Å². The third-order valence-corrected chi connectivity index (χ3v) is 4.52. The van der Waals surface area contributed by atoms with Crippen LogP contribution in [0.25, 0.3) is 0 Å². The van der Waals surface area contributed by atoms with Crippen LogP contribution in [0.5, 0.6) is 0 Å². The van der Waals surface area contributed by atoms with Crippen LogP contribution < -0.4 is 5.73 Å². The highest BCUT2D eigenvalue weighted by molar-refractivity contribution is 6.07. The quantitative estimate of drug-likeness (QED) is 0.555. The molecule has 0 bridgehead atoms. The molecule has 2 rings (SSSR count). The average Bonchev–Trinajstić information content (AvgIpc) is 2.70. The molecule has 0 radical (unpaired) electrons. The number of hydrogen-bond donors (Lipinski definition) is 1. The van der Waals surface area contributed by atoms with E-state index in [9.17, 15) is 18.4 Å². The minimum atomic E-state index is -2.62. The van der Waals surface area contributed by atoms with Crippen LogP contribution in [-0.2, 0) is 20.8 Å². The second-order valence-electron chi connectivity index (χ2n) is 8.03. The lowest BCUT2D eigenvalue weighted by molar-refractivity contribution is -0.138. The SMILES string of the molecule is CCOC(=O)C(N)=C1CN(C(=O)OC(C)(C)C)CCC1=NCc1ccccc1C(F)F. The second-order valence-corrected chi connectivity index (χ2v) is 8.03. The summed E-state index contributed by atoms with van der Waals surface area (Å²) in [6.07, 6.45) is -2.86. The predicted octanol–water partition coefficient (Wildman–Crippen LogP) is 3.98. The Morgan fingerprint density at radius 2 is 1.94 bits per heavy atom. The second kappa shape index (κ2) is 10.4. The van der Waals surface area contributed by atoms with Gasteiger partial charge in [-0.3, -0.25) is 4.99 Å². The van der Waals surface area contributed by atoms with E-state index in [0.29, 0.717) is 29.8 Å². The molecule has 1 aliphatic rings. The van der Waals surface area contributed by atoms with Crippen molar-refractivity contribution in [3.63, 3.8) is 0 Å². The van der Waals surface area contributed by atoms with Crippen molar-refractivity contribution in [2.45, 2.75) is 52.7 Å². The monoisotopic (exact) mass is 437 g/mol. The van der Waals surface area contributed by atoms with Crippen LogP contribution in [0.2, 0.25) is 0 Å². The van der Waals surface area contributed by atoms with E-state index in [4.69, 9.17) is 15.2 Å². The number of esters is 1. The lowest BCUT2D eigenvalue weighted by Gasteiger charge is -2.32. The molecular formula is C22H29F2N3O4. The normalized spacial score (nSPS) is 17.6. The van der Waals surface area contributed by atoms with E-state index in [-0.39, 0.29) is 31.0 Å². The van der Waals surface area contributed by atoms with Gasteiger partial charge in [0.1, 0.15) is 11.3 Å². The van der Waals surface area contributed by atoms with Gasteiger partial charge in [0, 0.05) is 29.8 Å². The van der Waals surface area contributed by atoms with E-state index < -0.39 is 24.1 Å². The molecule has 0 aliphatic carbocycles. The first-order chi connectivity index (χ1) is 14.5. The van der Waals surface area contributed by atoms with Gasteiger partial charge >= 0.3 is 12.1 Å². The Balaban J connectivity index is 2.34. The van der Waals surface area contributed by atoms with Crippen LogP contribution in [0.4, 0.5) is 13.6 Å². The van der Waals surface area contributed by atoms with Crippen LogP contribution in [-0.4, -0.2) is 48.0 Å². The highest BCUT2D eigenvalue weighted by atomic mass is 19.3. The number of benzene rings is 1. The summed E-state index contributed by atoms with van der Waals surface area (Å²) in [6.45, 7) is 7.36. The van der Waals surface area contributed by atoms with Gasteiger partial charge < -0.3 is 20.1 Å². The zero-order valence-corrected chi connectivity index (χ0v) is 18.3. The molecule has 1 saturated heterocycles. The Morgan fingerprint density at radius 3 is 2.55 bits per heavy atom. The molecule has 31 heavy (non-hydrogen) atoms. The number of aliphatic imine (C=N–C) groups is 1. The van der Waals surface area contributed by atoms with Gasteiger partial charge in [-0.25, -0.2) is 18.4 Å². The van der Waals surface area contributed by atoms with Gasteiger partial charge in [-0.2, -0.15) is 0 Å². The Kier molecular flexibility index (Phi) is 8.13. The molecule has 170 valence electrons. The number of ether oxygens (including phenoxy) is 2. The minimum Gasteiger partial charge on any atom is -0.461 e. The third-order valence-electron chi connectivity index (χ3n) is 4.52. The molecule has 1 fully saturated rings. The molecular weight excluding hydrogens is 408 g/mol. The number of alkyl halides is 2. The molecule has 2 N–H and O–H groups in total. The average molecular weight is 437 g/mol. The molecule has 0 atom stereocenters. The van der Waals surface area contributed by atoms with Crippen LogP contribution in [0, 0.1) is 0 Å². The summed E-state index contributed by atoms with van der Waals surface area (Å²) in [5.41, 5.74) is 6.30. The van der Waals surface area contributed by atoms with Crippen molar-refractivity contribution in [2.75, 3.05) is 19.7 Å². The maximum atomic E-state index is 13.3. The topological polar surface area (TPSA) is 94.2 Å². The molecule has 1 amide bonds. The number of hydrogen-bond acceptors (Lipinski definition) is 6. The summed E-state index contributed by atoms with van der Waals surface area (Å²) in [4.78, 5) is 30.6. The number of nitrogens with two attached hydrogens (primary N) is 1. The number of piperidine rings is 1. The summed E-state index contributed by atoms with van der Waals surface area (Å²) in [5.74, 6) is -0.718. The van der Waals surface area contributed by atoms with E-state index in [1.54, 1.807) is 45.9 Å². The fourth-order valence-corrected chi connectivity index (χ4v) is 3.05. The fourth-order valence-electron chi connectivity index (χ4n) is 3.05. The maximum Gasteiger partial charge on any atom is 0.410 e. The molecule has 1 aliphatic heterocycles. The molecule has 0 saturated carbocycles. The van der Waals surface area contributed by atoms with Crippen LogP contribution in [0.15, 0.2) is 40.5 Å². The van der Waals surface area contributed by atoms with E-state index in [1.807, 2.05) is 0 Å². The van der Waals surface area contributed by atoms with Crippen molar-refractivity contribution in [2.24, 2.45) is 10.7 Å². The van der Waals surface area contributed by atoms with Crippen LogP contribution in [0.1, 0.15) is 51.7 Å². The van der Waals surface area contributed by atoms with E-state index in [2.05, 4.69) is 4.99 Å². The lowest BCUT2D eigenvalue weighted by atomic mass is 9.99. The number of rotatable bonds is 5. The zero-order chi connectivity index (χ0) is 23.2. The van der Waals surface area contributed by atoms with Crippen molar-refractivity contribution in [3.05, 3.63) is 46.7 Å². The van der Waals surface area contributed by atoms with Gasteiger partial charge in [0.05, 0.1) is 19.7 Å². The number of likely N-dealkylation sites (tertiary alicyclic amines) is 1. The number of halogens is 2. The van der Waals surface area contributed by atoms with Gasteiger partial charge in [-0.05, 0) is 33.3 Å². The molecule has 0 aromatic heterocycles. The molecule has 0 unspecified atom stereocenters. The first-order valence-electron chi connectivity index (χ1n) is 10.1. The fraction of sp³-hybridized carbons (Fsp3) is 0.500. The maximum absolute atomic E-state index is 13.3. The standard InChI is InChI=1S/C22H29F2N3O4/c1-5-30-20(28)18(25)16-13-27(21(29)31-22(2,3)4)11-10-17(16)26-12-14-8-6-7-9-15(14)19(23)24/h6-9,19H,5,10-13,25H2,1-4H3. The molecule has 0 spiro atoms. The predicted molar refractivity (Wildman–Crippen MR) is 113 cm³/mol. The summed E-state index contributed by atoms with van der Waals surface area (Å²) < 4.78 is 36.9. The molecule has 9 heteroatoms. The summed E-state index contributed by atoms with van der Waals surface area (Å²) in [7, 11) is 0. The van der Waals surface area contributed by atoms with Gasteiger partial charge in [0.25, 0.3) is 6.43 Å². The Morgan fingerprint density at radius 1 is 1.26 bits per heavy atom. The third kappa shape index (κ3) is 6.77. The Bertz CT molecular complexity index is 876. The number of amides is 1. The summed E-state index contributed by atoms with van der Waals surface area (Å²) in [6, 6.07) is 6.15. The van der Waals surface area contributed by atoms with E-state index >= 15 is 0 Å². The highest BCUT2D eigenvalue weighted by Crippen LogP contribution is 2.25. The smallest absolute Gasteiger partial charge is 0.410 e. The highest BCUT2D eigenvalue weighted by Gasteiger charge is 2.30. The summed E-state index contributed by atoms with van der Waals surface area (Å²) in [5, 5.41) is 0. The Labute approximate surface area is 180 Å². The van der Waals surface area contributed by atoms with E-state index in [1.165, 1.54) is 11.0 Å². The summed E-state index contributed by atoms with van der Waals surface area (Å²) >= 11 is 0. The number of nitrogens with zero attached hydrogens (tertiary/aromatic N) is 2.